The number of rotatable bonds is 3. The SMILES string of the molecule is COc1c(C)cc(-c2ccnc(C(=O)O)n2)cc1C. The average Bonchev–Trinajstić information content (AvgIpc) is 2.38. The van der Waals surface area contributed by atoms with Gasteiger partial charge in [0, 0.05) is 11.8 Å². The largest absolute Gasteiger partial charge is 0.496 e. The van der Waals surface area contributed by atoms with Crippen molar-refractivity contribution >= 4 is 5.97 Å². The number of methoxy groups -OCH3 is 1. The highest BCUT2D eigenvalue weighted by Crippen LogP contribution is 2.28. The van der Waals surface area contributed by atoms with Gasteiger partial charge in [-0.15, -0.1) is 0 Å². The summed E-state index contributed by atoms with van der Waals surface area (Å²) >= 11 is 0. The molecule has 0 aliphatic carbocycles. The molecule has 5 heteroatoms. The summed E-state index contributed by atoms with van der Waals surface area (Å²) in [5, 5.41) is 8.90. The molecule has 0 bridgehead atoms. The van der Waals surface area contributed by atoms with Gasteiger partial charge in [0.15, 0.2) is 0 Å². The molecule has 98 valence electrons. The second kappa shape index (κ2) is 5.06. The highest BCUT2D eigenvalue weighted by Gasteiger charge is 2.11. The third kappa shape index (κ3) is 2.54. The zero-order chi connectivity index (χ0) is 14.0. The van der Waals surface area contributed by atoms with Crippen LogP contribution in [0.1, 0.15) is 21.7 Å². The van der Waals surface area contributed by atoms with Gasteiger partial charge in [-0.3, -0.25) is 0 Å². The molecule has 1 aromatic carbocycles. The van der Waals surface area contributed by atoms with Gasteiger partial charge in [-0.25, -0.2) is 14.8 Å². The van der Waals surface area contributed by atoms with E-state index in [1.165, 1.54) is 6.20 Å². The van der Waals surface area contributed by atoms with Crippen LogP contribution in [0, 0.1) is 13.8 Å². The standard InChI is InChI=1S/C14H14N2O3/c1-8-6-10(7-9(2)12(8)19-3)11-4-5-15-13(16-11)14(17)18/h4-7H,1-3H3,(H,17,18). The molecular weight excluding hydrogens is 244 g/mol. The van der Waals surface area contributed by atoms with E-state index in [4.69, 9.17) is 9.84 Å². The molecule has 5 nitrogen and oxygen atoms in total. The molecule has 0 unspecified atom stereocenters. The number of aryl methyl sites for hydroxylation is 2. The summed E-state index contributed by atoms with van der Waals surface area (Å²) in [5.41, 5.74) is 3.39. The van der Waals surface area contributed by atoms with Gasteiger partial charge >= 0.3 is 5.97 Å². The van der Waals surface area contributed by atoms with Crippen LogP contribution in [-0.4, -0.2) is 28.2 Å². The van der Waals surface area contributed by atoms with E-state index in [0.29, 0.717) is 5.69 Å². The highest BCUT2D eigenvalue weighted by atomic mass is 16.5. The molecule has 0 aliphatic heterocycles. The van der Waals surface area contributed by atoms with Crippen molar-refractivity contribution in [3.8, 4) is 17.0 Å². The molecule has 0 saturated carbocycles. The Labute approximate surface area is 110 Å². The molecule has 2 aromatic rings. The van der Waals surface area contributed by atoms with E-state index < -0.39 is 5.97 Å². The minimum Gasteiger partial charge on any atom is -0.496 e. The Bertz CT molecular complexity index is 615. The Morgan fingerprint density at radius 2 is 1.89 bits per heavy atom. The maximum atomic E-state index is 10.9. The first kappa shape index (κ1) is 13.0. The first-order chi connectivity index (χ1) is 9.02. The fraction of sp³-hybridized carbons (Fsp3) is 0.214. The normalized spacial score (nSPS) is 10.3. The zero-order valence-corrected chi connectivity index (χ0v) is 11.0. The lowest BCUT2D eigenvalue weighted by Crippen LogP contribution is -2.04. The maximum absolute atomic E-state index is 10.9. The molecule has 0 atom stereocenters. The molecule has 19 heavy (non-hydrogen) atoms. The number of ether oxygens (including phenoxy) is 1. The zero-order valence-electron chi connectivity index (χ0n) is 11.0. The fourth-order valence-electron chi connectivity index (χ4n) is 2.04. The minimum absolute atomic E-state index is 0.205. The number of aromatic carboxylic acids is 1. The van der Waals surface area contributed by atoms with Gasteiger partial charge in [0.1, 0.15) is 5.75 Å². The molecule has 0 saturated heterocycles. The van der Waals surface area contributed by atoms with E-state index in [9.17, 15) is 4.79 Å². The van der Waals surface area contributed by atoms with Crippen molar-refractivity contribution in [2.75, 3.05) is 7.11 Å². The van der Waals surface area contributed by atoms with E-state index in [0.717, 1.165) is 22.4 Å². The molecule has 1 heterocycles. The summed E-state index contributed by atoms with van der Waals surface area (Å²) in [6.07, 6.45) is 1.45. The molecule has 0 spiro atoms. The summed E-state index contributed by atoms with van der Waals surface area (Å²) in [6.45, 7) is 3.88. The minimum atomic E-state index is -1.14. The summed E-state index contributed by atoms with van der Waals surface area (Å²) < 4.78 is 5.30. The molecule has 1 N–H and O–H groups in total. The second-order valence-corrected chi connectivity index (χ2v) is 4.21. The van der Waals surface area contributed by atoms with Crippen molar-refractivity contribution in [1.29, 1.82) is 0 Å². The molecule has 0 amide bonds. The van der Waals surface area contributed by atoms with Crippen LogP contribution in [0.25, 0.3) is 11.3 Å². The smallest absolute Gasteiger partial charge is 0.373 e. The Balaban J connectivity index is 2.53. The number of hydrogen-bond acceptors (Lipinski definition) is 4. The van der Waals surface area contributed by atoms with Gasteiger partial charge < -0.3 is 9.84 Å². The van der Waals surface area contributed by atoms with Gasteiger partial charge in [-0.05, 0) is 43.2 Å². The number of carboxylic acid groups (broad SMARTS) is 1. The molecule has 0 radical (unpaired) electrons. The van der Waals surface area contributed by atoms with Crippen LogP contribution < -0.4 is 4.74 Å². The average molecular weight is 258 g/mol. The van der Waals surface area contributed by atoms with Crippen molar-refractivity contribution in [2.45, 2.75) is 13.8 Å². The Kier molecular flexibility index (Phi) is 3.46. The van der Waals surface area contributed by atoms with Crippen molar-refractivity contribution in [1.82, 2.24) is 9.97 Å². The van der Waals surface area contributed by atoms with Crippen LogP contribution in [0.15, 0.2) is 24.4 Å². The Hall–Kier alpha value is -2.43. The van der Waals surface area contributed by atoms with Gasteiger partial charge in [-0.2, -0.15) is 0 Å². The van der Waals surface area contributed by atoms with E-state index in [2.05, 4.69) is 9.97 Å². The highest BCUT2D eigenvalue weighted by molar-refractivity contribution is 5.83. The number of carbonyl (C=O) groups is 1. The van der Waals surface area contributed by atoms with E-state index >= 15 is 0 Å². The number of aromatic nitrogens is 2. The Morgan fingerprint density at radius 3 is 2.42 bits per heavy atom. The lowest BCUT2D eigenvalue weighted by Gasteiger charge is -2.11. The van der Waals surface area contributed by atoms with Gasteiger partial charge in [-0.1, -0.05) is 0 Å². The summed E-state index contributed by atoms with van der Waals surface area (Å²) in [5.74, 6) is -0.510. The summed E-state index contributed by atoms with van der Waals surface area (Å²) in [7, 11) is 1.63. The van der Waals surface area contributed by atoms with E-state index in [1.54, 1.807) is 13.2 Å². The van der Waals surface area contributed by atoms with Crippen LogP contribution in [0.4, 0.5) is 0 Å². The van der Waals surface area contributed by atoms with Crippen LogP contribution in [0.2, 0.25) is 0 Å². The van der Waals surface area contributed by atoms with Crippen molar-refractivity contribution in [3.05, 3.63) is 41.3 Å². The predicted molar refractivity (Wildman–Crippen MR) is 70.5 cm³/mol. The van der Waals surface area contributed by atoms with Crippen LogP contribution >= 0.6 is 0 Å². The van der Waals surface area contributed by atoms with Gasteiger partial charge in [0.25, 0.3) is 0 Å². The number of hydrogen-bond donors (Lipinski definition) is 1. The van der Waals surface area contributed by atoms with Gasteiger partial charge in [0.2, 0.25) is 5.82 Å². The number of carboxylic acids is 1. The first-order valence-corrected chi connectivity index (χ1v) is 5.75. The maximum Gasteiger partial charge on any atom is 0.373 e. The lowest BCUT2D eigenvalue weighted by atomic mass is 10.0. The Morgan fingerprint density at radius 1 is 1.26 bits per heavy atom. The molecule has 1 aromatic heterocycles. The van der Waals surface area contributed by atoms with E-state index in [-0.39, 0.29) is 5.82 Å². The van der Waals surface area contributed by atoms with Crippen molar-refractivity contribution < 1.29 is 14.6 Å². The molecule has 0 aliphatic rings. The van der Waals surface area contributed by atoms with Gasteiger partial charge in [0.05, 0.1) is 12.8 Å². The van der Waals surface area contributed by atoms with Crippen molar-refractivity contribution in [2.24, 2.45) is 0 Å². The fourth-order valence-corrected chi connectivity index (χ4v) is 2.04. The summed E-state index contributed by atoms with van der Waals surface area (Å²) in [4.78, 5) is 18.6. The summed E-state index contributed by atoms with van der Waals surface area (Å²) in [6, 6.07) is 5.52. The number of nitrogens with zero attached hydrogens (tertiary/aromatic N) is 2. The second-order valence-electron chi connectivity index (χ2n) is 4.21. The van der Waals surface area contributed by atoms with Crippen LogP contribution in [-0.2, 0) is 0 Å². The molecular formula is C14H14N2O3. The topological polar surface area (TPSA) is 72.3 Å². The molecule has 0 fully saturated rings. The first-order valence-electron chi connectivity index (χ1n) is 5.75. The van der Waals surface area contributed by atoms with Crippen molar-refractivity contribution in [3.63, 3.8) is 0 Å². The number of benzene rings is 1. The third-order valence-corrected chi connectivity index (χ3v) is 2.81. The predicted octanol–water partition coefficient (Wildman–Crippen LogP) is 2.47. The van der Waals surface area contributed by atoms with E-state index in [1.807, 2.05) is 26.0 Å². The lowest BCUT2D eigenvalue weighted by molar-refractivity contribution is 0.0683. The van der Waals surface area contributed by atoms with Crippen LogP contribution in [0.5, 0.6) is 5.75 Å². The molecule has 2 rings (SSSR count). The monoisotopic (exact) mass is 258 g/mol. The quantitative estimate of drug-likeness (QED) is 0.915. The third-order valence-electron chi connectivity index (χ3n) is 2.81. The van der Waals surface area contributed by atoms with Crippen LogP contribution in [0.3, 0.4) is 0 Å².